The second-order valence-corrected chi connectivity index (χ2v) is 4.73. The third kappa shape index (κ3) is 2.40. The molecule has 1 aliphatic rings. The Kier molecular flexibility index (Phi) is 3.05. The monoisotopic (exact) mass is 236 g/mol. The molecule has 0 radical (unpaired) electrons. The van der Waals surface area contributed by atoms with E-state index in [1.165, 1.54) is 12.1 Å². The molecule has 0 spiro atoms. The summed E-state index contributed by atoms with van der Waals surface area (Å²) in [6, 6.07) is 4.34. The number of carbonyl (C=O) groups excluding carboxylic acids is 1. The number of anilines is 1. The summed E-state index contributed by atoms with van der Waals surface area (Å²) < 4.78 is 13.6. The lowest BCUT2D eigenvalue weighted by molar-refractivity contribution is 0.0722. The van der Waals surface area contributed by atoms with Crippen molar-refractivity contribution in [1.29, 1.82) is 0 Å². The van der Waals surface area contributed by atoms with Gasteiger partial charge in [-0.1, -0.05) is 0 Å². The van der Waals surface area contributed by atoms with Crippen LogP contribution in [0.1, 0.15) is 30.1 Å². The van der Waals surface area contributed by atoms with Crippen LogP contribution in [0.15, 0.2) is 18.2 Å². The van der Waals surface area contributed by atoms with Gasteiger partial charge in [0.05, 0.1) is 5.56 Å². The average Bonchev–Trinajstić information content (AvgIpc) is 3.10. The van der Waals surface area contributed by atoms with E-state index >= 15 is 0 Å². The summed E-state index contributed by atoms with van der Waals surface area (Å²) in [6.07, 6.45) is 2.31. The van der Waals surface area contributed by atoms with E-state index in [-0.39, 0.29) is 17.5 Å². The minimum Gasteiger partial charge on any atom is -0.399 e. The second kappa shape index (κ2) is 4.35. The summed E-state index contributed by atoms with van der Waals surface area (Å²) in [4.78, 5) is 13.7. The van der Waals surface area contributed by atoms with E-state index in [1.807, 2.05) is 6.92 Å². The summed E-state index contributed by atoms with van der Waals surface area (Å²) >= 11 is 0. The number of nitrogen functional groups attached to an aromatic ring is 1. The number of halogens is 1. The van der Waals surface area contributed by atoms with E-state index in [0.717, 1.165) is 12.8 Å². The third-order valence-corrected chi connectivity index (χ3v) is 3.46. The van der Waals surface area contributed by atoms with Gasteiger partial charge in [-0.2, -0.15) is 0 Å². The van der Waals surface area contributed by atoms with E-state index in [1.54, 1.807) is 18.0 Å². The first-order valence-electron chi connectivity index (χ1n) is 5.83. The van der Waals surface area contributed by atoms with Crippen molar-refractivity contribution >= 4 is 11.6 Å². The largest absolute Gasteiger partial charge is 0.399 e. The van der Waals surface area contributed by atoms with Crippen molar-refractivity contribution in [2.24, 2.45) is 5.92 Å². The SMILES string of the molecule is CC(C1CC1)N(C)C(=O)c1ccc(N)cc1F. The molecular weight excluding hydrogens is 219 g/mol. The van der Waals surface area contributed by atoms with E-state index in [4.69, 9.17) is 5.73 Å². The third-order valence-electron chi connectivity index (χ3n) is 3.46. The molecule has 1 unspecified atom stereocenters. The molecular formula is C13H17FN2O. The van der Waals surface area contributed by atoms with Crippen LogP contribution >= 0.6 is 0 Å². The minimum atomic E-state index is -0.551. The molecule has 4 heteroatoms. The predicted molar refractivity (Wildman–Crippen MR) is 65.1 cm³/mol. The summed E-state index contributed by atoms with van der Waals surface area (Å²) in [5, 5.41) is 0. The second-order valence-electron chi connectivity index (χ2n) is 4.73. The number of nitrogens with two attached hydrogens (primary N) is 1. The standard InChI is InChI=1S/C13H17FN2O/c1-8(9-3-4-9)16(2)13(17)11-6-5-10(15)7-12(11)14/h5-9H,3-4,15H2,1-2H3. The molecule has 0 aromatic heterocycles. The van der Waals surface area contributed by atoms with Crippen molar-refractivity contribution in [2.75, 3.05) is 12.8 Å². The quantitative estimate of drug-likeness (QED) is 0.818. The Hall–Kier alpha value is -1.58. The zero-order valence-corrected chi connectivity index (χ0v) is 10.1. The lowest BCUT2D eigenvalue weighted by Crippen LogP contribution is -2.36. The van der Waals surface area contributed by atoms with Crippen molar-refractivity contribution in [3.8, 4) is 0 Å². The Labute approximate surface area is 100 Å². The number of amides is 1. The van der Waals surface area contributed by atoms with Crippen LogP contribution in [0.25, 0.3) is 0 Å². The number of hydrogen-bond acceptors (Lipinski definition) is 2. The molecule has 2 rings (SSSR count). The number of nitrogens with zero attached hydrogens (tertiary/aromatic N) is 1. The van der Waals surface area contributed by atoms with Gasteiger partial charge in [0.25, 0.3) is 5.91 Å². The highest BCUT2D eigenvalue weighted by molar-refractivity contribution is 5.94. The summed E-state index contributed by atoms with van der Waals surface area (Å²) in [5.74, 6) is -0.257. The molecule has 2 N–H and O–H groups in total. The van der Waals surface area contributed by atoms with E-state index in [2.05, 4.69) is 0 Å². The number of hydrogen-bond donors (Lipinski definition) is 1. The Bertz CT molecular complexity index is 443. The van der Waals surface area contributed by atoms with Gasteiger partial charge in [0.15, 0.2) is 0 Å². The summed E-state index contributed by atoms with van der Waals surface area (Å²) in [7, 11) is 1.72. The van der Waals surface area contributed by atoms with Crippen LogP contribution in [0.5, 0.6) is 0 Å². The normalized spacial score (nSPS) is 16.6. The maximum atomic E-state index is 13.6. The van der Waals surface area contributed by atoms with E-state index in [9.17, 15) is 9.18 Å². The van der Waals surface area contributed by atoms with Gasteiger partial charge in [-0.15, -0.1) is 0 Å². The van der Waals surface area contributed by atoms with Gasteiger partial charge in [-0.05, 0) is 43.9 Å². The van der Waals surface area contributed by atoms with Crippen molar-refractivity contribution in [3.05, 3.63) is 29.6 Å². The molecule has 0 bridgehead atoms. The number of carbonyl (C=O) groups is 1. The van der Waals surface area contributed by atoms with E-state index in [0.29, 0.717) is 11.6 Å². The Balaban J connectivity index is 2.18. The smallest absolute Gasteiger partial charge is 0.256 e. The molecule has 17 heavy (non-hydrogen) atoms. The first-order valence-corrected chi connectivity index (χ1v) is 5.83. The van der Waals surface area contributed by atoms with Crippen molar-refractivity contribution in [3.63, 3.8) is 0 Å². The van der Waals surface area contributed by atoms with Gasteiger partial charge >= 0.3 is 0 Å². The maximum Gasteiger partial charge on any atom is 0.256 e. The highest BCUT2D eigenvalue weighted by Gasteiger charge is 2.33. The van der Waals surface area contributed by atoms with Gasteiger partial charge in [-0.3, -0.25) is 4.79 Å². The van der Waals surface area contributed by atoms with Crippen LogP contribution in [-0.2, 0) is 0 Å². The molecule has 0 heterocycles. The molecule has 1 aromatic rings. The lowest BCUT2D eigenvalue weighted by Gasteiger charge is -2.25. The zero-order chi connectivity index (χ0) is 12.6. The number of rotatable bonds is 3. The van der Waals surface area contributed by atoms with Crippen molar-refractivity contribution < 1.29 is 9.18 Å². The molecule has 0 saturated heterocycles. The van der Waals surface area contributed by atoms with Crippen molar-refractivity contribution in [2.45, 2.75) is 25.8 Å². The molecule has 3 nitrogen and oxygen atoms in total. The highest BCUT2D eigenvalue weighted by Crippen LogP contribution is 2.35. The Morgan fingerprint density at radius 3 is 2.71 bits per heavy atom. The Morgan fingerprint density at radius 1 is 1.53 bits per heavy atom. The topological polar surface area (TPSA) is 46.3 Å². The molecule has 1 fully saturated rings. The van der Waals surface area contributed by atoms with Gasteiger partial charge in [-0.25, -0.2) is 4.39 Å². The number of benzene rings is 1. The van der Waals surface area contributed by atoms with Crippen LogP contribution in [0, 0.1) is 11.7 Å². The lowest BCUT2D eigenvalue weighted by atomic mass is 10.1. The van der Waals surface area contributed by atoms with Crippen LogP contribution < -0.4 is 5.73 Å². The molecule has 0 aliphatic heterocycles. The Morgan fingerprint density at radius 2 is 2.18 bits per heavy atom. The zero-order valence-electron chi connectivity index (χ0n) is 10.1. The van der Waals surface area contributed by atoms with Gasteiger partial charge in [0.1, 0.15) is 5.82 Å². The van der Waals surface area contributed by atoms with Gasteiger partial charge in [0, 0.05) is 18.8 Å². The predicted octanol–water partition coefficient (Wildman–Crippen LogP) is 2.28. The minimum absolute atomic E-state index is 0.0919. The van der Waals surface area contributed by atoms with E-state index < -0.39 is 5.82 Å². The van der Waals surface area contributed by atoms with Gasteiger partial charge < -0.3 is 10.6 Å². The fourth-order valence-corrected chi connectivity index (χ4v) is 1.97. The van der Waals surface area contributed by atoms with Crippen LogP contribution in [0.3, 0.4) is 0 Å². The van der Waals surface area contributed by atoms with Crippen LogP contribution in [0.2, 0.25) is 0 Å². The first kappa shape index (κ1) is 11.9. The average molecular weight is 236 g/mol. The maximum absolute atomic E-state index is 13.6. The molecule has 1 atom stereocenters. The van der Waals surface area contributed by atoms with Gasteiger partial charge in [0.2, 0.25) is 0 Å². The highest BCUT2D eigenvalue weighted by atomic mass is 19.1. The molecule has 1 aliphatic carbocycles. The fourth-order valence-electron chi connectivity index (χ4n) is 1.97. The summed E-state index contributed by atoms with van der Waals surface area (Å²) in [6.45, 7) is 2.00. The fraction of sp³-hybridized carbons (Fsp3) is 0.462. The van der Waals surface area contributed by atoms with Crippen LogP contribution in [-0.4, -0.2) is 23.9 Å². The molecule has 1 saturated carbocycles. The molecule has 1 amide bonds. The molecule has 92 valence electrons. The van der Waals surface area contributed by atoms with Crippen LogP contribution in [0.4, 0.5) is 10.1 Å². The first-order chi connectivity index (χ1) is 8.00. The molecule has 1 aromatic carbocycles. The summed E-state index contributed by atoms with van der Waals surface area (Å²) in [5.41, 5.74) is 5.88. The van der Waals surface area contributed by atoms with Crippen molar-refractivity contribution in [1.82, 2.24) is 4.90 Å².